The van der Waals surface area contributed by atoms with Crippen LogP contribution in [0, 0.1) is 12.7 Å². The minimum absolute atomic E-state index is 0.112. The van der Waals surface area contributed by atoms with Gasteiger partial charge >= 0.3 is 0 Å². The highest BCUT2D eigenvalue weighted by Crippen LogP contribution is 2.32. The number of anilines is 1. The van der Waals surface area contributed by atoms with Gasteiger partial charge in [0.2, 0.25) is 0 Å². The molecular weight excluding hydrogens is 424 g/mol. The SMILES string of the molecule is Cc1[nH]c(-c2ccc(F)cc2Cl)nc1C(=O)N(c1ccc(Cl)cc1)C1CCCCC1. The molecule has 156 valence electrons. The third-order valence-corrected chi connectivity index (χ3v) is 6.10. The zero-order valence-corrected chi connectivity index (χ0v) is 18.1. The Morgan fingerprint density at radius 1 is 1.10 bits per heavy atom. The standard InChI is InChI=1S/C23H22Cl2FN3O/c1-14-21(28-22(27-14)19-12-9-16(26)13-20(19)25)23(30)29(17-5-3-2-4-6-17)18-10-7-15(24)8-11-18/h7-13,17H,2-6H2,1H3,(H,27,28). The Morgan fingerprint density at radius 3 is 2.47 bits per heavy atom. The quantitative estimate of drug-likeness (QED) is 0.479. The van der Waals surface area contributed by atoms with Gasteiger partial charge in [0.05, 0.1) is 5.02 Å². The highest BCUT2D eigenvalue weighted by molar-refractivity contribution is 6.33. The summed E-state index contributed by atoms with van der Waals surface area (Å²) >= 11 is 12.3. The van der Waals surface area contributed by atoms with Crippen LogP contribution in [0.4, 0.5) is 10.1 Å². The van der Waals surface area contributed by atoms with E-state index in [0.29, 0.717) is 27.8 Å². The summed E-state index contributed by atoms with van der Waals surface area (Å²) in [5, 5.41) is 0.864. The van der Waals surface area contributed by atoms with Crippen LogP contribution < -0.4 is 4.90 Å². The van der Waals surface area contributed by atoms with Crippen molar-refractivity contribution in [2.75, 3.05) is 4.90 Å². The number of nitrogens with one attached hydrogen (secondary N) is 1. The van der Waals surface area contributed by atoms with Gasteiger partial charge < -0.3 is 9.88 Å². The molecule has 1 heterocycles. The van der Waals surface area contributed by atoms with Gasteiger partial charge in [0.25, 0.3) is 5.91 Å². The average Bonchev–Trinajstić information content (AvgIpc) is 3.11. The zero-order chi connectivity index (χ0) is 21.3. The van der Waals surface area contributed by atoms with Crippen molar-refractivity contribution in [1.82, 2.24) is 9.97 Å². The number of carbonyl (C=O) groups is 1. The predicted octanol–water partition coefficient (Wildman–Crippen LogP) is 6.81. The molecular formula is C23H22Cl2FN3O. The van der Waals surface area contributed by atoms with E-state index in [4.69, 9.17) is 23.2 Å². The zero-order valence-electron chi connectivity index (χ0n) is 16.6. The van der Waals surface area contributed by atoms with Crippen LogP contribution in [-0.2, 0) is 0 Å². The number of imidazole rings is 1. The van der Waals surface area contributed by atoms with Crippen LogP contribution in [0.15, 0.2) is 42.5 Å². The molecule has 0 unspecified atom stereocenters. The summed E-state index contributed by atoms with van der Waals surface area (Å²) in [4.78, 5) is 23.2. The number of hydrogen-bond acceptors (Lipinski definition) is 2. The number of H-pyrrole nitrogens is 1. The summed E-state index contributed by atoms with van der Waals surface area (Å²) < 4.78 is 13.4. The van der Waals surface area contributed by atoms with E-state index in [9.17, 15) is 9.18 Å². The monoisotopic (exact) mass is 445 g/mol. The van der Waals surface area contributed by atoms with Crippen LogP contribution in [0.1, 0.15) is 48.3 Å². The maximum atomic E-state index is 13.7. The smallest absolute Gasteiger partial charge is 0.279 e. The van der Waals surface area contributed by atoms with Crippen molar-refractivity contribution in [3.63, 3.8) is 0 Å². The molecule has 4 rings (SSSR count). The van der Waals surface area contributed by atoms with Crippen LogP contribution >= 0.6 is 23.2 Å². The lowest BCUT2D eigenvalue weighted by molar-refractivity contribution is 0.0965. The van der Waals surface area contributed by atoms with Crippen molar-refractivity contribution in [2.24, 2.45) is 0 Å². The largest absolute Gasteiger partial charge is 0.341 e. The molecule has 7 heteroatoms. The van der Waals surface area contributed by atoms with Crippen LogP contribution in [0.3, 0.4) is 0 Å². The van der Waals surface area contributed by atoms with Gasteiger partial charge in [-0.1, -0.05) is 42.5 Å². The van der Waals surface area contributed by atoms with Crippen molar-refractivity contribution in [3.8, 4) is 11.4 Å². The summed E-state index contributed by atoms with van der Waals surface area (Å²) in [7, 11) is 0. The maximum absolute atomic E-state index is 13.7. The Morgan fingerprint density at radius 2 is 1.80 bits per heavy atom. The van der Waals surface area contributed by atoms with Gasteiger partial charge in [0.15, 0.2) is 0 Å². The lowest BCUT2D eigenvalue weighted by Crippen LogP contribution is -2.42. The second kappa shape index (κ2) is 8.78. The number of rotatable bonds is 4. The molecule has 1 amide bonds. The second-order valence-corrected chi connectivity index (χ2v) is 8.47. The number of halogens is 3. The molecule has 0 atom stereocenters. The first kappa shape index (κ1) is 20.9. The van der Waals surface area contributed by atoms with Crippen LogP contribution in [0.2, 0.25) is 10.0 Å². The maximum Gasteiger partial charge on any atom is 0.279 e. The van der Waals surface area contributed by atoms with Crippen LogP contribution in [-0.4, -0.2) is 21.9 Å². The normalized spacial score (nSPS) is 14.7. The highest BCUT2D eigenvalue weighted by atomic mass is 35.5. The Labute approximate surface area is 185 Å². The lowest BCUT2D eigenvalue weighted by Gasteiger charge is -2.34. The van der Waals surface area contributed by atoms with E-state index >= 15 is 0 Å². The molecule has 0 radical (unpaired) electrons. The van der Waals surface area contributed by atoms with Crippen molar-refractivity contribution in [2.45, 2.75) is 45.1 Å². The Balaban J connectivity index is 1.72. The molecule has 1 N–H and O–H groups in total. The fraction of sp³-hybridized carbons (Fsp3) is 0.304. The fourth-order valence-corrected chi connectivity index (χ4v) is 4.41. The lowest BCUT2D eigenvalue weighted by atomic mass is 9.93. The van der Waals surface area contributed by atoms with Crippen molar-refractivity contribution in [1.29, 1.82) is 0 Å². The number of hydrogen-bond donors (Lipinski definition) is 1. The fourth-order valence-electron chi connectivity index (χ4n) is 4.03. The molecule has 0 bridgehead atoms. The molecule has 0 spiro atoms. The van der Waals surface area contributed by atoms with Gasteiger partial charge in [-0.15, -0.1) is 0 Å². The summed E-state index contributed by atoms with van der Waals surface area (Å²) in [6.45, 7) is 1.81. The van der Waals surface area contributed by atoms with Crippen LogP contribution in [0.25, 0.3) is 11.4 Å². The van der Waals surface area contributed by atoms with Gasteiger partial charge in [0.1, 0.15) is 17.3 Å². The first-order chi connectivity index (χ1) is 14.4. The number of carbonyl (C=O) groups excluding carboxylic acids is 1. The molecule has 3 aromatic rings. The molecule has 0 aliphatic heterocycles. The van der Waals surface area contributed by atoms with Gasteiger partial charge in [-0.3, -0.25) is 4.79 Å². The van der Waals surface area contributed by atoms with E-state index < -0.39 is 5.82 Å². The molecule has 30 heavy (non-hydrogen) atoms. The average molecular weight is 446 g/mol. The van der Waals surface area contributed by atoms with Crippen LogP contribution in [0.5, 0.6) is 0 Å². The van der Waals surface area contributed by atoms with Gasteiger partial charge in [-0.2, -0.15) is 0 Å². The van der Waals surface area contributed by atoms with Crippen molar-refractivity contribution in [3.05, 3.63) is 69.7 Å². The summed E-state index contributed by atoms with van der Waals surface area (Å²) in [6, 6.07) is 11.6. The first-order valence-electron chi connectivity index (χ1n) is 10.0. The molecule has 2 aromatic carbocycles. The number of aromatic nitrogens is 2. The second-order valence-electron chi connectivity index (χ2n) is 7.63. The molecule has 1 aliphatic carbocycles. The minimum atomic E-state index is -0.422. The summed E-state index contributed by atoms with van der Waals surface area (Å²) in [5.41, 5.74) is 2.34. The van der Waals surface area contributed by atoms with E-state index in [0.717, 1.165) is 31.4 Å². The molecule has 4 nitrogen and oxygen atoms in total. The molecule has 1 aliphatic rings. The van der Waals surface area contributed by atoms with E-state index in [2.05, 4.69) is 9.97 Å². The minimum Gasteiger partial charge on any atom is -0.341 e. The number of benzene rings is 2. The molecule has 1 fully saturated rings. The predicted molar refractivity (Wildman–Crippen MR) is 119 cm³/mol. The topological polar surface area (TPSA) is 49.0 Å². The number of nitrogens with zero attached hydrogens (tertiary/aromatic N) is 2. The van der Waals surface area contributed by atoms with E-state index in [1.165, 1.54) is 18.6 Å². The first-order valence-corrected chi connectivity index (χ1v) is 10.8. The van der Waals surface area contributed by atoms with E-state index in [1.807, 2.05) is 24.0 Å². The number of aryl methyl sites for hydroxylation is 1. The van der Waals surface area contributed by atoms with Gasteiger partial charge in [0, 0.05) is 28.0 Å². The van der Waals surface area contributed by atoms with E-state index in [1.54, 1.807) is 18.2 Å². The van der Waals surface area contributed by atoms with Gasteiger partial charge in [-0.25, -0.2) is 9.37 Å². The van der Waals surface area contributed by atoms with E-state index in [-0.39, 0.29) is 17.0 Å². The number of amides is 1. The Hall–Kier alpha value is -2.37. The van der Waals surface area contributed by atoms with Crippen molar-refractivity contribution < 1.29 is 9.18 Å². The summed E-state index contributed by atoms with van der Waals surface area (Å²) in [5.74, 6) is -0.141. The molecule has 1 aromatic heterocycles. The molecule has 1 saturated carbocycles. The third kappa shape index (κ3) is 4.23. The van der Waals surface area contributed by atoms with Crippen molar-refractivity contribution >= 4 is 34.8 Å². The Kier molecular flexibility index (Phi) is 6.11. The Bertz CT molecular complexity index is 1060. The third-order valence-electron chi connectivity index (χ3n) is 5.54. The van der Waals surface area contributed by atoms with Gasteiger partial charge in [-0.05, 0) is 62.2 Å². The summed E-state index contributed by atoms with van der Waals surface area (Å²) in [6.07, 6.45) is 5.28. The molecule has 0 saturated heterocycles. The number of aromatic amines is 1. The highest BCUT2D eigenvalue weighted by Gasteiger charge is 2.30.